The molecule has 0 saturated carbocycles. The fraction of sp³-hybridized carbons (Fsp3) is 0.333. The number of H-pyrrole nitrogens is 1. The van der Waals surface area contributed by atoms with Crippen LogP contribution in [0.4, 0.5) is 0 Å². The molecule has 0 bridgehead atoms. The SMILES string of the molecule is CC[C@@H](O)[C@@H](N)c1ccc2[nH]ccc2c1. The molecule has 2 aromatic rings. The largest absolute Gasteiger partial charge is 0.391 e. The van der Waals surface area contributed by atoms with Crippen molar-refractivity contribution in [3.63, 3.8) is 0 Å². The van der Waals surface area contributed by atoms with Gasteiger partial charge in [-0.25, -0.2) is 0 Å². The lowest BCUT2D eigenvalue weighted by Gasteiger charge is -2.17. The Morgan fingerprint density at radius 3 is 2.93 bits per heavy atom. The van der Waals surface area contributed by atoms with Gasteiger partial charge in [-0.1, -0.05) is 13.0 Å². The zero-order chi connectivity index (χ0) is 10.8. The van der Waals surface area contributed by atoms with Gasteiger partial charge in [-0.05, 0) is 35.6 Å². The highest BCUT2D eigenvalue weighted by atomic mass is 16.3. The molecule has 1 aromatic heterocycles. The Labute approximate surface area is 88.9 Å². The van der Waals surface area contributed by atoms with Crippen molar-refractivity contribution < 1.29 is 5.11 Å². The van der Waals surface area contributed by atoms with Crippen LogP contribution in [0.25, 0.3) is 10.9 Å². The number of fused-ring (bicyclic) bond motifs is 1. The minimum Gasteiger partial charge on any atom is -0.391 e. The summed E-state index contributed by atoms with van der Waals surface area (Å²) < 4.78 is 0. The van der Waals surface area contributed by atoms with Crippen LogP contribution >= 0.6 is 0 Å². The average Bonchev–Trinajstić information content (AvgIpc) is 2.73. The van der Waals surface area contributed by atoms with Crippen LogP contribution in [0.2, 0.25) is 0 Å². The number of hydrogen-bond donors (Lipinski definition) is 3. The first kappa shape index (κ1) is 10.2. The first-order valence-electron chi connectivity index (χ1n) is 5.23. The van der Waals surface area contributed by atoms with Crippen molar-refractivity contribution in [2.45, 2.75) is 25.5 Å². The predicted molar refractivity (Wildman–Crippen MR) is 61.5 cm³/mol. The van der Waals surface area contributed by atoms with Gasteiger partial charge in [-0.15, -0.1) is 0 Å². The first-order chi connectivity index (χ1) is 7.22. The number of rotatable bonds is 3. The summed E-state index contributed by atoms with van der Waals surface area (Å²) in [6, 6.07) is 7.68. The third-order valence-electron chi connectivity index (χ3n) is 2.80. The van der Waals surface area contributed by atoms with Gasteiger partial charge < -0.3 is 15.8 Å². The van der Waals surface area contributed by atoms with Gasteiger partial charge in [-0.3, -0.25) is 0 Å². The van der Waals surface area contributed by atoms with Crippen molar-refractivity contribution >= 4 is 10.9 Å². The predicted octanol–water partition coefficient (Wildman–Crippen LogP) is 1.94. The summed E-state index contributed by atoms with van der Waals surface area (Å²) in [5, 5.41) is 10.8. The van der Waals surface area contributed by atoms with Gasteiger partial charge in [0.2, 0.25) is 0 Å². The van der Waals surface area contributed by atoms with E-state index in [0.29, 0.717) is 6.42 Å². The lowest BCUT2D eigenvalue weighted by Crippen LogP contribution is -2.25. The van der Waals surface area contributed by atoms with Gasteiger partial charge >= 0.3 is 0 Å². The maximum atomic E-state index is 9.67. The Morgan fingerprint density at radius 2 is 2.20 bits per heavy atom. The minimum atomic E-state index is -0.471. The second kappa shape index (κ2) is 4.04. The van der Waals surface area contributed by atoms with Crippen molar-refractivity contribution in [1.29, 1.82) is 0 Å². The first-order valence-corrected chi connectivity index (χ1v) is 5.23. The lowest BCUT2D eigenvalue weighted by atomic mass is 9.99. The number of aromatic nitrogens is 1. The van der Waals surface area contributed by atoms with Crippen molar-refractivity contribution in [2.75, 3.05) is 0 Å². The van der Waals surface area contributed by atoms with Gasteiger partial charge in [0.25, 0.3) is 0 Å². The van der Waals surface area contributed by atoms with Crippen LogP contribution in [0.3, 0.4) is 0 Å². The third kappa shape index (κ3) is 1.89. The van der Waals surface area contributed by atoms with E-state index in [1.165, 1.54) is 0 Å². The molecule has 0 unspecified atom stereocenters. The standard InChI is InChI=1S/C12H16N2O/c1-2-11(15)12(13)9-3-4-10-8(7-9)5-6-14-10/h3-7,11-12,14-15H,2,13H2,1H3/t11-,12+/m1/s1. The van der Waals surface area contributed by atoms with Crippen LogP contribution in [-0.2, 0) is 0 Å². The lowest BCUT2D eigenvalue weighted by molar-refractivity contribution is 0.141. The van der Waals surface area contributed by atoms with E-state index < -0.39 is 6.10 Å². The van der Waals surface area contributed by atoms with E-state index in [1.54, 1.807) is 0 Å². The van der Waals surface area contributed by atoms with Crippen LogP contribution in [0.15, 0.2) is 30.5 Å². The van der Waals surface area contributed by atoms with Crippen LogP contribution in [-0.4, -0.2) is 16.2 Å². The molecule has 2 atom stereocenters. The molecule has 0 saturated heterocycles. The molecular weight excluding hydrogens is 188 g/mol. The van der Waals surface area contributed by atoms with Gasteiger partial charge in [0.1, 0.15) is 0 Å². The quantitative estimate of drug-likeness (QED) is 0.715. The Bertz CT molecular complexity index is 450. The molecule has 0 radical (unpaired) electrons. The fourth-order valence-electron chi connectivity index (χ4n) is 1.76. The van der Waals surface area contributed by atoms with Crippen molar-refractivity contribution in [3.05, 3.63) is 36.0 Å². The zero-order valence-electron chi connectivity index (χ0n) is 8.77. The normalized spacial score (nSPS) is 15.4. The minimum absolute atomic E-state index is 0.297. The molecule has 80 valence electrons. The summed E-state index contributed by atoms with van der Waals surface area (Å²) >= 11 is 0. The number of aromatic amines is 1. The summed E-state index contributed by atoms with van der Waals surface area (Å²) in [7, 11) is 0. The van der Waals surface area contributed by atoms with E-state index in [0.717, 1.165) is 16.5 Å². The molecule has 0 aliphatic rings. The van der Waals surface area contributed by atoms with Crippen molar-refractivity contribution in [3.8, 4) is 0 Å². The number of aliphatic hydroxyl groups is 1. The van der Waals surface area contributed by atoms with Crippen molar-refractivity contribution in [1.82, 2.24) is 4.98 Å². The van der Waals surface area contributed by atoms with Gasteiger partial charge in [0, 0.05) is 11.7 Å². The van der Waals surface area contributed by atoms with Crippen molar-refractivity contribution in [2.24, 2.45) is 5.73 Å². The van der Waals surface area contributed by atoms with E-state index in [4.69, 9.17) is 5.73 Å². The zero-order valence-corrected chi connectivity index (χ0v) is 8.77. The Hall–Kier alpha value is -1.32. The van der Waals surface area contributed by atoms with Crippen LogP contribution < -0.4 is 5.73 Å². The molecule has 0 aliphatic carbocycles. The number of aliphatic hydroxyl groups excluding tert-OH is 1. The Kier molecular flexibility index (Phi) is 2.75. The molecule has 3 nitrogen and oxygen atoms in total. The van der Waals surface area contributed by atoms with Gasteiger partial charge in [0.05, 0.1) is 12.1 Å². The van der Waals surface area contributed by atoms with Crippen LogP contribution in [0.5, 0.6) is 0 Å². The van der Waals surface area contributed by atoms with Gasteiger partial charge in [-0.2, -0.15) is 0 Å². The highest BCUT2D eigenvalue weighted by Crippen LogP contribution is 2.21. The summed E-state index contributed by atoms with van der Waals surface area (Å²) in [5.74, 6) is 0. The van der Waals surface area contributed by atoms with E-state index in [9.17, 15) is 5.11 Å². The molecule has 0 amide bonds. The Balaban J connectivity index is 2.35. The number of hydrogen-bond acceptors (Lipinski definition) is 2. The highest BCUT2D eigenvalue weighted by Gasteiger charge is 2.14. The van der Waals surface area contributed by atoms with E-state index in [1.807, 2.05) is 37.4 Å². The molecule has 0 fully saturated rings. The monoisotopic (exact) mass is 204 g/mol. The van der Waals surface area contributed by atoms with Crippen LogP contribution in [0.1, 0.15) is 24.9 Å². The number of nitrogens with two attached hydrogens (primary N) is 1. The highest BCUT2D eigenvalue weighted by molar-refractivity contribution is 5.80. The molecule has 15 heavy (non-hydrogen) atoms. The Morgan fingerprint density at radius 1 is 1.40 bits per heavy atom. The molecule has 1 aromatic carbocycles. The molecule has 1 heterocycles. The molecule has 0 aliphatic heterocycles. The number of benzene rings is 1. The number of nitrogens with one attached hydrogen (secondary N) is 1. The second-order valence-electron chi connectivity index (χ2n) is 3.83. The van der Waals surface area contributed by atoms with Crippen LogP contribution in [0, 0.1) is 0 Å². The molecular formula is C12H16N2O. The maximum absolute atomic E-state index is 9.67. The molecule has 3 heteroatoms. The third-order valence-corrected chi connectivity index (χ3v) is 2.80. The van der Waals surface area contributed by atoms with E-state index in [2.05, 4.69) is 4.98 Å². The van der Waals surface area contributed by atoms with Gasteiger partial charge in [0.15, 0.2) is 0 Å². The summed E-state index contributed by atoms with van der Waals surface area (Å²) in [4.78, 5) is 3.13. The maximum Gasteiger partial charge on any atom is 0.0730 e. The smallest absolute Gasteiger partial charge is 0.0730 e. The second-order valence-corrected chi connectivity index (χ2v) is 3.83. The fourth-order valence-corrected chi connectivity index (χ4v) is 1.76. The summed E-state index contributed by atoms with van der Waals surface area (Å²) in [5.41, 5.74) is 8.03. The summed E-state index contributed by atoms with van der Waals surface area (Å²) in [6.07, 6.45) is 2.10. The van der Waals surface area contributed by atoms with E-state index in [-0.39, 0.29) is 6.04 Å². The van der Waals surface area contributed by atoms with E-state index >= 15 is 0 Å². The summed E-state index contributed by atoms with van der Waals surface area (Å²) in [6.45, 7) is 1.93. The molecule has 0 spiro atoms. The average molecular weight is 204 g/mol. The molecule has 2 rings (SSSR count). The molecule has 4 N–H and O–H groups in total. The topological polar surface area (TPSA) is 62.0 Å².